The second-order valence-electron chi connectivity index (χ2n) is 5.48. The van der Waals surface area contributed by atoms with Crippen LogP contribution in [0.15, 0.2) is 48.8 Å². The lowest BCUT2D eigenvalue weighted by Gasteiger charge is -2.11. The van der Waals surface area contributed by atoms with E-state index in [0.717, 1.165) is 17.7 Å². The third kappa shape index (κ3) is 3.79. The number of fused-ring (bicyclic) bond motifs is 1. The Bertz CT molecular complexity index is 921. The van der Waals surface area contributed by atoms with Crippen LogP contribution in [-0.2, 0) is 17.5 Å². The normalized spacial score (nSPS) is 11.5. The zero-order valence-electron chi connectivity index (χ0n) is 13.8. The number of alkyl halides is 3. The maximum atomic E-state index is 13.0. The van der Waals surface area contributed by atoms with Crippen LogP contribution in [0.5, 0.6) is 5.88 Å². The first-order chi connectivity index (χ1) is 12.4. The van der Waals surface area contributed by atoms with Crippen LogP contribution in [0.1, 0.15) is 18.1 Å². The fourth-order valence-electron chi connectivity index (χ4n) is 2.57. The zero-order chi connectivity index (χ0) is 18.7. The van der Waals surface area contributed by atoms with Gasteiger partial charge in [-0.05, 0) is 42.8 Å². The lowest BCUT2D eigenvalue weighted by molar-refractivity contribution is -0.137. The van der Waals surface area contributed by atoms with E-state index in [1.807, 2.05) is 0 Å². The fraction of sp³-hybridized carbons (Fsp3) is 0.222. The molecule has 1 aromatic carbocycles. The summed E-state index contributed by atoms with van der Waals surface area (Å²) in [6.07, 6.45) is -2.16. The predicted octanol–water partition coefficient (Wildman–Crippen LogP) is 4.64. The number of carbonyl (C=O) groups is 1. The molecule has 0 fully saturated rings. The minimum Gasteiger partial charge on any atom is -0.434 e. The summed E-state index contributed by atoms with van der Waals surface area (Å²) in [5, 5.41) is 0.313. The van der Waals surface area contributed by atoms with Gasteiger partial charge in [-0.1, -0.05) is 0 Å². The lowest BCUT2D eigenvalue weighted by atomic mass is 10.1. The van der Waals surface area contributed by atoms with E-state index in [0.29, 0.717) is 17.4 Å². The summed E-state index contributed by atoms with van der Waals surface area (Å²) in [6, 6.07) is 8.31. The van der Waals surface area contributed by atoms with Crippen LogP contribution in [0.25, 0.3) is 10.9 Å². The molecule has 3 aromatic rings. The Kier molecular flexibility index (Phi) is 4.83. The van der Waals surface area contributed by atoms with E-state index in [-0.39, 0.29) is 12.5 Å². The van der Waals surface area contributed by atoms with Gasteiger partial charge in [0.05, 0.1) is 24.2 Å². The molecule has 0 amide bonds. The van der Waals surface area contributed by atoms with Crippen molar-refractivity contribution in [1.82, 2.24) is 9.55 Å². The molecule has 0 saturated carbocycles. The third-order valence-corrected chi connectivity index (χ3v) is 3.73. The van der Waals surface area contributed by atoms with Crippen molar-refractivity contribution in [3.8, 4) is 5.88 Å². The molecule has 0 atom stereocenters. The van der Waals surface area contributed by atoms with Crippen molar-refractivity contribution in [3.63, 3.8) is 0 Å². The minimum absolute atomic E-state index is 0.106. The molecule has 0 spiro atoms. The van der Waals surface area contributed by atoms with Crippen molar-refractivity contribution >= 4 is 17.1 Å². The molecule has 0 aliphatic heterocycles. The Morgan fingerprint density at radius 3 is 2.54 bits per heavy atom. The highest BCUT2D eigenvalue weighted by atomic mass is 19.4. The molecule has 0 aliphatic rings. The van der Waals surface area contributed by atoms with Gasteiger partial charge >= 0.3 is 12.3 Å². The van der Waals surface area contributed by atoms with E-state index in [4.69, 9.17) is 9.47 Å². The van der Waals surface area contributed by atoms with Crippen LogP contribution in [-0.4, -0.2) is 22.3 Å². The number of ether oxygens (including phenoxy) is 2. The third-order valence-electron chi connectivity index (χ3n) is 3.73. The Labute approximate surface area is 147 Å². The highest BCUT2D eigenvalue weighted by Gasteiger charge is 2.31. The van der Waals surface area contributed by atoms with Crippen LogP contribution in [0.4, 0.5) is 18.0 Å². The van der Waals surface area contributed by atoms with E-state index in [1.165, 1.54) is 12.1 Å². The van der Waals surface area contributed by atoms with Crippen LogP contribution in [0.2, 0.25) is 0 Å². The van der Waals surface area contributed by atoms with Crippen molar-refractivity contribution in [2.45, 2.75) is 19.6 Å². The highest BCUT2D eigenvalue weighted by molar-refractivity contribution is 5.84. The summed E-state index contributed by atoms with van der Waals surface area (Å²) in [6.45, 7) is 2.05. The molecule has 0 bridgehead atoms. The number of carbonyl (C=O) groups excluding carboxylic acids is 1. The first-order valence-electron chi connectivity index (χ1n) is 7.82. The predicted molar refractivity (Wildman–Crippen MR) is 87.9 cm³/mol. The van der Waals surface area contributed by atoms with Gasteiger partial charge in [0.25, 0.3) is 0 Å². The molecule has 0 aliphatic carbocycles. The maximum absolute atomic E-state index is 13.0. The summed E-state index contributed by atoms with van der Waals surface area (Å²) in [7, 11) is 0. The average Bonchev–Trinajstić information content (AvgIpc) is 2.92. The smallest absolute Gasteiger partial charge is 0.434 e. The lowest BCUT2D eigenvalue weighted by Crippen LogP contribution is -2.13. The first-order valence-corrected chi connectivity index (χ1v) is 7.82. The summed E-state index contributed by atoms with van der Waals surface area (Å²) >= 11 is 0. The Hall–Kier alpha value is -3.03. The van der Waals surface area contributed by atoms with E-state index in [2.05, 4.69) is 4.98 Å². The van der Waals surface area contributed by atoms with Gasteiger partial charge in [0.1, 0.15) is 0 Å². The van der Waals surface area contributed by atoms with Gasteiger partial charge < -0.3 is 14.0 Å². The second kappa shape index (κ2) is 7.07. The molecule has 8 heteroatoms. The van der Waals surface area contributed by atoms with Gasteiger partial charge in [-0.15, -0.1) is 0 Å². The zero-order valence-corrected chi connectivity index (χ0v) is 13.8. The molecule has 5 nitrogen and oxygen atoms in total. The average molecular weight is 364 g/mol. The topological polar surface area (TPSA) is 53.4 Å². The highest BCUT2D eigenvalue weighted by Crippen LogP contribution is 2.34. The molecule has 0 unspecified atom stereocenters. The Balaban J connectivity index is 2.06. The van der Waals surface area contributed by atoms with Crippen molar-refractivity contribution in [2.24, 2.45) is 0 Å². The molecule has 136 valence electrons. The van der Waals surface area contributed by atoms with Gasteiger partial charge in [-0.3, -0.25) is 4.98 Å². The first kappa shape index (κ1) is 17.8. The van der Waals surface area contributed by atoms with E-state index in [1.54, 1.807) is 36.0 Å². The van der Waals surface area contributed by atoms with Crippen molar-refractivity contribution in [2.75, 3.05) is 6.61 Å². The number of nitrogens with zero attached hydrogens (tertiary/aromatic N) is 2. The molecular formula is C18H15F3N2O3. The van der Waals surface area contributed by atoms with E-state index in [9.17, 15) is 18.0 Å². The largest absolute Gasteiger partial charge is 0.515 e. The van der Waals surface area contributed by atoms with Crippen LogP contribution in [0, 0.1) is 0 Å². The van der Waals surface area contributed by atoms with Crippen molar-refractivity contribution in [3.05, 3.63) is 59.9 Å². The molecule has 2 aromatic heterocycles. The van der Waals surface area contributed by atoms with Gasteiger partial charge in [0, 0.05) is 23.8 Å². The SMILES string of the molecule is CCOC(=O)Oc1cc2cc(C(F)(F)F)ccc2n1Cc1ccncc1. The standard InChI is InChI=1S/C18H15F3N2O3/c1-2-25-17(24)26-16-10-13-9-14(18(19,20)21)3-4-15(13)23(16)11-12-5-7-22-8-6-12/h3-10H,2,11H2,1H3. The number of pyridine rings is 1. The summed E-state index contributed by atoms with van der Waals surface area (Å²) < 4.78 is 50.4. The monoisotopic (exact) mass is 364 g/mol. The molecule has 0 radical (unpaired) electrons. The minimum atomic E-state index is -4.45. The quantitative estimate of drug-likeness (QED) is 0.633. The number of halogens is 3. The van der Waals surface area contributed by atoms with Gasteiger partial charge in [0.2, 0.25) is 5.88 Å². The molecular weight excluding hydrogens is 349 g/mol. The summed E-state index contributed by atoms with van der Waals surface area (Å²) in [5.74, 6) is 0.106. The van der Waals surface area contributed by atoms with Crippen LogP contribution in [0.3, 0.4) is 0 Å². The van der Waals surface area contributed by atoms with Gasteiger partial charge in [0.15, 0.2) is 0 Å². The Morgan fingerprint density at radius 2 is 1.88 bits per heavy atom. The molecule has 2 heterocycles. The number of benzene rings is 1. The van der Waals surface area contributed by atoms with E-state index < -0.39 is 17.9 Å². The van der Waals surface area contributed by atoms with Crippen LogP contribution >= 0.6 is 0 Å². The van der Waals surface area contributed by atoms with Gasteiger partial charge in [-0.2, -0.15) is 13.2 Å². The summed E-state index contributed by atoms with van der Waals surface area (Å²) in [5.41, 5.74) is 0.592. The second-order valence-corrected chi connectivity index (χ2v) is 5.48. The number of hydrogen-bond acceptors (Lipinski definition) is 4. The number of rotatable bonds is 4. The fourth-order valence-corrected chi connectivity index (χ4v) is 2.57. The number of hydrogen-bond donors (Lipinski definition) is 0. The van der Waals surface area contributed by atoms with Crippen molar-refractivity contribution < 1.29 is 27.4 Å². The van der Waals surface area contributed by atoms with Crippen LogP contribution < -0.4 is 4.74 Å². The molecule has 3 rings (SSSR count). The molecule has 0 saturated heterocycles. The van der Waals surface area contributed by atoms with Gasteiger partial charge in [-0.25, -0.2) is 4.79 Å². The Morgan fingerprint density at radius 1 is 1.15 bits per heavy atom. The number of aromatic nitrogens is 2. The molecule has 0 N–H and O–H groups in total. The van der Waals surface area contributed by atoms with E-state index >= 15 is 0 Å². The molecule has 26 heavy (non-hydrogen) atoms. The summed E-state index contributed by atoms with van der Waals surface area (Å²) in [4.78, 5) is 15.6. The maximum Gasteiger partial charge on any atom is 0.515 e. The van der Waals surface area contributed by atoms with Crippen molar-refractivity contribution in [1.29, 1.82) is 0 Å².